The summed E-state index contributed by atoms with van der Waals surface area (Å²) in [7, 11) is -4.63. The molecule has 2 fully saturated rings. The second-order valence-electron chi connectivity index (χ2n) is 17.8. The van der Waals surface area contributed by atoms with Gasteiger partial charge in [-0.25, -0.2) is 0 Å². The molecule has 308 valence electrons. The molecular formula is C46H70N2O6Si2. The van der Waals surface area contributed by atoms with Crippen molar-refractivity contribution in [1.82, 2.24) is 0 Å². The first kappa shape index (κ1) is 47.5. The molecular weight excluding hydrogens is 733 g/mol. The van der Waals surface area contributed by atoms with E-state index >= 15 is 0 Å². The highest BCUT2D eigenvalue weighted by Crippen LogP contribution is 2.41. The van der Waals surface area contributed by atoms with E-state index in [1.54, 1.807) is 12.2 Å². The molecule has 2 heterocycles. The van der Waals surface area contributed by atoms with E-state index in [0.717, 1.165) is 12.8 Å². The van der Waals surface area contributed by atoms with Crippen molar-refractivity contribution in [3.05, 3.63) is 85.0 Å². The summed E-state index contributed by atoms with van der Waals surface area (Å²) in [4.78, 5) is 0. The van der Waals surface area contributed by atoms with Crippen molar-refractivity contribution in [3.63, 3.8) is 0 Å². The molecule has 0 saturated carbocycles. The highest BCUT2D eigenvalue weighted by Gasteiger charge is 2.53. The second-order valence-corrected chi connectivity index (χ2v) is 26.8. The van der Waals surface area contributed by atoms with Crippen molar-refractivity contribution in [2.24, 2.45) is 11.8 Å². The van der Waals surface area contributed by atoms with Gasteiger partial charge in [0.1, 0.15) is 0 Å². The molecule has 8 nitrogen and oxygen atoms in total. The number of ether oxygens (including phenoxy) is 2. The number of aliphatic hydroxyl groups is 2. The van der Waals surface area contributed by atoms with Crippen LogP contribution in [0, 0.1) is 34.5 Å². The number of nitrogens with zero attached hydrogens (tertiary/aromatic N) is 2. The predicted octanol–water partition coefficient (Wildman–Crippen LogP) is 8.60. The van der Waals surface area contributed by atoms with Crippen molar-refractivity contribution in [3.8, 4) is 12.1 Å². The predicted molar refractivity (Wildman–Crippen MR) is 232 cm³/mol. The summed E-state index contributed by atoms with van der Waals surface area (Å²) in [6.45, 7) is 23.3. The first-order valence-corrected chi connectivity index (χ1v) is 25.4. The van der Waals surface area contributed by atoms with Crippen LogP contribution in [-0.2, 0) is 18.3 Å². The maximum absolute atomic E-state index is 9.68. The van der Waals surface area contributed by atoms with E-state index in [1.807, 2.05) is 6.92 Å². The fourth-order valence-corrected chi connectivity index (χ4v) is 13.4. The lowest BCUT2D eigenvalue weighted by atomic mass is 9.93. The summed E-state index contributed by atoms with van der Waals surface area (Å²) < 4.78 is 26.1. The molecule has 2 aliphatic rings. The van der Waals surface area contributed by atoms with Crippen LogP contribution in [0.1, 0.15) is 93.9 Å². The first-order valence-electron chi connectivity index (χ1n) is 20.6. The van der Waals surface area contributed by atoms with Gasteiger partial charge in [0.2, 0.25) is 0 Å². The zero-order valence-electron chi connectivity index (χ0n) is 35.8. The van der Waals surface area contributed by atoms with Gasteiger partial charge in [-0.2, -0.15) is 10.5 Å². The number of aliphatic hydroxyl groups excluding tert-OH is 2. The number of benzene rings is 2. The molecule has 2 aliphatic heterocycles. The monoisotopic (exact) mass is 802 g/mol. The van der Waals surface area contributed by atoms with Crippen molar-refractivity contribution in [2.45, 2.75) is 154 Å². The van der Waals surface area contributed by atoms with Crippen molar-refractivity contribution in [1.29, 1.82) is 10.5 Å². The van der Waals surface area contributed by atoms with E-state index < -0.39 is 28.8 Å². The lowest BCUT2D eigenvalue weighted by molar-refractivity contribution is 0.107. The van der Waals surface area contributed by atoms with Crippen LogP contribution in [0.2, 0.25) is 23.2 Å². The van der Waals surface area contributed by atoms with Crippen LogP contribution in [0.25, 0.3) is 0 Å². The summed E-state index contributed by atoms with van der Waals surface area (Å²) in [5.74, 6) is 0.0721. The van der Waals surface area contributed by atoms with Crippen LogP contribution < -0.4 is 10.4 Å². The maximum atomic E-state index is 9.68. The molecule has 2 N–H and O–H groups in total. The molecule has 2 saturated heterocycles. The fraction of sp³-hybridized carbons (Fsp3) is 0.609. The summed E-state index contributed by atoms with van der Waals surface area (Å²) in [6, 6.07) is 26.0. The lowest BCUT2D eigenvalue weighted by Crippen LogP contribution is -2.68. The third-order valence-electron chi connectivity index (χ3n) is 11.8. The standard InChI is InChI=1S/C34H51NO3Si2.C12H19NO3/c1-10-27(37-39(8,9)33(2,3)4)23-24-31-30(22-17-25-35)32(26-36-31)38-40(34(5,6)7,28-18-13-11-14-19-28)29-20-15-12-16-21-29;1-2-9(14)5-6-12-10(4-3-7-13)11(15)8-16-12/h11-16,18-21,23-24,27,30-32H,10,17,22,26H2,1-9H3;5-6,9-12,14-15H,2-4,8H2,1H3/b24-23+;6-5+/t27-,30+,31+,32-;9-,10-,11-,12+/m00/s1. The Morgan fingerprint density at radius 1 is 0.768 bits per heavy atom. The minimum Gasteiger partial charge on any atom is -0.411 e. The van der Waals surface area contributed by atoms with Gasteiger partial charge >= 0.3 is 0 Å². The van der Waals surface area contributed by atoms with Gasteiger partial charge in [0.05, 0.1) is 62.0 Å². The van der Waals surface area contributed by atoms with E-state index in [-0.39, 0.29) is 46.3 Å². The van der Waals surface area contributed by atoms with Crippen molar-refractivity contribution < 1.29 is 28.5 Å². The van der Waals surface area contributed by atoms with Gasteiger partial charge in [0, 0.05) is 24.7 Å². The van der Waals surface area contributed by atoms with E-state index in [1.165, 1.54) is 10.4 Å². The van der Waals surface area contributed by atoms with E-state index in [0.29, 0.717) is 38.9 Å². The zero-order valence-corrected chi connectivity index (χ0v) is 37.8. The number of rotatable bonds is 16. The molecule has 0 unspecified atom stereocenters. The SMILES string of the molecule is CC[C@@H](/C=C/[C@H]1OC[C@H](O[Si](c2ccccc2)(c2ccccc2)C(C)(C)C)[C@@H]1CCC#N)O[Si](C)(C)C(C)(C)C.CC[C@H](O)/C=C/[C@H]1OC[C@H](O)[C@@H]1CCC#N. The second kappa shape index (κ2) is 21.7. The van der Waals surface area contributed by atoms with Crippen LogP contribution in [0.3, 0.4) is 0 Å². The Morgan fingerprint density at radius 2 is 1.27 bits per heavy atom. The van der Waals surface area contributed by atoms with Crippen LogP contribution in [0.5, 0.6) is 0 Å². The van der Waals surface area contributed by atoms with Crippen LogP contribution >= 0.6 is 0 Å². The third kappa shape index (κ3) is 12.5. The van der Waals surface area contributed by atoms with Crippen molar-refractivity contribution in [2.75, 3.05) is 13.2 Å². The Labute approximate surface area is 340 Å². The first-order chi connectivity index (χ1) is 26.4. The van der Waals surface area contributed by atoms with Crippen LogP contribution in [-0.4, -0.2) is 76.7 Å². The molecule has 0 aromatic heterocycles. The molecule has 0 radical (unpaired) electrons. The number of hydrogen-bond donors (Lipinski definition) is 2. The molecule has 2 aromatic carbocycles. The lowest BCUT2D eigenvalue weighted by Gasteiger charge is -2.45. The normalized spacial score (nSPS) is 24.4. The number of hydrogen-bond acceptors (Lipinski definition) is 8. The van der Waals surface area contributed by atoms with Gasteiger partial charge in [-0.15, -0.1) is 0 Å². The molecule has 0 aliphatic carbocycles. The minimum atomic E-state index is -2.74. The molecule has 0 amide bonds. The van der Waals surface area contributed by atoms with Crippen LogP contribution in [0.15, 0.2) is 85.0 Å². The Bertz CT molecular complexity index is 1550. The Morgan fingerprint density at radius 3 is 1.75 bits per heavy atom. The smallest absolute Gasteiger partial charge is 0.261 e. The molecule has 2 aromatic rings. The van der Waals surface area contributed by atoms with Gasteiger partial charge in [0.25, 0.3) is 8.32 Å². The number of nitriles is 2. The molecule has 8 atom stereocenters. The van der Waals surface area contributed by atoms with Crippen molar-refractivity contribution >= 4 is 27.0 Å². The largest absolute Gasteiger partial charge is 0.411 e. The van der Waals surface area contributed by atoms with Gasteiger partial charge < -0.3 is 28.5 Å². The third-order valence-corrected chi connectivity index (χ3v) is 21.3. The van der Waals surface area contributed by atoms with Gasteiger partial charge in [-0.05, 0) is 59.2 Å². The highest BCUT2D eigenvalue weighted by molar-refractivity contribution is 6.99. The summed E-state index contributed by atoms with van der Waals surface area (Å²) >= 11 is 0. The van der Waals surface area contributed by atoms with Gasteiger partial charge in [-0.3, -0.25) is 0 Å². The van der Waals surface area contributed by atoms with E-state index in [2.05, 4.69) is 147 Å². The van der Waals surface area contributed by atoms with E-state index in [9.17, 15) is 15.5 Å². The van der Waals surface area contributed by atoms with Gasteiger partial charge in [-0.1, -0.05) is 140 Å². The zero-order chi connectivity index (χ0) is 41.6. The Hall–Kier alpha value is -2.91. The fourth-order valence-electron chi connectivity index (χ4n) is 7.37. The summed E-state index contributed by atoms with van der Waals surface area (Å²) in [5.41, 5.74) is 0. The summed E-state index contributed by atoms with van der Waals surface area (Å²) in [5, 5.41) is 39.7. The minimum absolute atomic E-state index is 0.0278. The van der Waals surface area contributed by atoms with Crippen LogP contribution in [0.4, 0.5) is 0 Å². The molecule has 10 heteroatoms. The summed E-state index contributed by atoms with van der Waals surface area (Å²) in [6.07, 6.45) is 10.5. The Kier molecular flexibility index (Phi) is 18.4. The molecule has 56 heavy (non-hydrogen) atoms. The average Bonchev–Trinajstić information content (AvgIpc) is 3.73. The van der Waals surface area contributed by atoms with E-state index in [4.69, 9.17) is 23.6 Å². The molecule has 0 bridgehead atoms. The quantitative estimate of drug-likeness (QED) is 0.128. The maximum Gasteiger partial charge on any atom is 0.261 e. The topological polar surface area (TPSA) is 125 Å². The van der Waals surface area contributed by atoms with Gasteiger partial charge in [0.15, 0.2) is 8.32 Å². The molecule has 4 rings (SSSR count). The molecule has 0 spiro atoms. The highest BCUT2D eigenvalue weighted by atomic mass is 28.4. The Balaban J connectivity index is 0.000000439. The average molecular weight is 803 g/mol.